The van der Waals surface area contributed by atoms with Gasteiger partial charge in [0.05, 0.1) is 6.54 Å². The first kappa shape index (κ1) is 17.0. The maximum Gasteiger partial charge on any atom is 0.234 e. The molecule has 0 aromatic heterocycles. The number of hydrogen-bond donors (Lipinski definition) is 2. The number of piperidine rings is 1. The topological polar surface area (TPSA) is 61.4 Å². The third-order valence-corrected chi connectivity index (χ3v) is 4.92. The number of rotatable bonds is 7. The van der Waals surface area contributed by atoms with Gasteiger partial charge in [0.15, 0.2) is 0 Å². The lowest BCUT2D eigenvalue weighted by Gasteiger charge is -2.30. The summed E-state index contributed by atoms with van der Waals surface area (Å²) in [5.41, 5.74) is 1.12. The van der Waals surface area contributed by atoms with Crippen LogP contribution in [-0.2, 0) is 16.1 Å². The number of nitrogens with zero attached hydrogens (tertiary/aromatic N) is 1. The summed E-state index contributed by atoms with van der Waals surface area (Å²) in [5.74, 6) is 1.04. The van der Waals surface area contributed by atoms with E-state index in [1.165, 1.54) is 12.8 Å². The Bertz CT molecular complexity index is 549. The van der Waals surface area contributed by atoms with Gasteiger partial charge in [-0.1, -0.05) is 30.3 Å². The second kappa shape index (κ2) is 8.29. The Labute approximate surface area is 143 Å². The summed E-state index contributed by atoms with van der Waals surface area (Å²) < 4.78 is 0. The minimum atomic E-state index is 0.0690. The third kappa shape index (κ3) is 5.34. The van der Waals surface area contributed by atoms with Crippen LogP contribution in [0.15, 0.2) is 30.3 Å². The SMILES string of the molecule is O=C(CN1CCC(C(=O)NCc2ccccc2)CC1)NCC1CC1. The van der Waals surface area contributed by atoms with E-state index < -0.39 is 0 Å². The molecule has 2 amide bonds. The van der Waals surface area contributed by atoms with E-state index in [1.807, 2.05) is 30.3 Å². The van der Waals surface area contributed by atoms with Crippen LogP contribution in [0.5, 0.6) is 0 Å². The standard InChI is InChI=1S/C19H27N3O2/c23-18(20-12-16-6-7-16)14-22-10-8-17(9-11-22)19(24)21-13-15-4-2-1-3-5-15/h1-5,16-17H,6-14H2,(H,20,23)(H,21,24). The average Bonchev–Trinajstić information content (AvgIpc) is 3.44. The van der Waals surface area contributed by atoms with Gasteiger partial charge in [-0.3, -0.25) is 14.5 Å². The van der Waals surface area contributed by atoms with E-state index in [-0.39, 0.29) is 17.7 Å². The summed E-state index contributed by atoms with van der Waals surface area (Å²) in [6.07, 6.45) is 4.17. The van der Waals surface area contributed by atoms with Gasteiger partial charge in [-0.25, -0.2) is 0 Å². The molecular weight excluding hydrogens is 302 g/mol. The minimum absolute atomic E-state index is 0.0690. The first-order valence-corrected chi connectivity index (χ1v) is 9.01. The van der Waals surface area contributed by atoms with Crippen molar-refractivity contribution in [3.8, 4) is 0 Å². The van der Waals surface area contributed by atoms with E-state index in [2.05, 4.69) is 15.5 Å². The summed E-state index contributed by atoms with van der Waals surface area (Å²) >= 11 is 0. The van der Waals surface area contributed by atoms with Crippen molar-refractivity contribution in [3.63, 3.8) is 0 Å². The molecule has 0 atom stereocenters. The van der Waals surface area contributed by atoms with Crippen LogP contribution >= 0.6 is 0 Å². The van der Waals surface area contributed by atoms with Crippen LogP contribution in [0.1, 0.15) is 31.2 Å². The van der Waals surface area contributed by atoms with Gasteiger partial charge in [0.25, 0.3) is 0 Å². The molecular formula is C19H27N3O2. The fraction of sp³-hybridized carbons (Fsp3) is 0.579. The first-order chi connectivity index (χ1) is 11.7. The van der Waals surface area contributed by atoms with Crippen molar-refractivity contribution >= 4 is 11.8 Å². The molecule has 1 aromatic rings. The van der Waals surface area contributed by atoms with Crippen molar-refractivity contribution in [2.24, 2.45) is 11.8 Å². The Balaban J connectivity index is 1.33. The number of nitrogens with one attached hydrogen (secondary N) is 2. The number of carbonyl (C=O) groups is 2. The molecule has 0 radical (unpaired) electrons. The van der Waals surface area contributed by atoms with E-state index in [0.717, 1.165) is 38.0 Å². The van der Waals surface area contributed by atoms with Crippen LogP contribution < -0.4 is 10.6 Å². The summed E-state index contributed by atoms with van der Waals surface area (Å²) in [6.45, 7) is 3.52. The van der Waals surface area contributed by atoms with E-state index in [9.17, 15) is 9.59 Å². The minimum Gasteiger partial charge on any atom is -0.355 e. The predicted molar refractivity (Wildman–Crippen MR) is 93.2 cm³/mol. The molecule has 130 valence electrons. The zero-order valence-corrected chi connectivity index (χ0v) is 14.2. The first-order valence-electron chi connectivity index (χ1n) is 9.01. The highest BCUT2D eigenvalue weighted by molar-refractivity contribution is 5.79. The molecule has 24 heavy (non-hydrogen) atoms. The van der Waals surface area contributed by atoms with Crippen molar-refractivity contribution < 1.29 is 9.59 Å². The van der Waals surface area contributed by atoms with E-state index in [4.69, 9.17) is 0 Å². The fourth-order valence-corrected chi connectivity index (χ4v) is 3.12. The smallest absolute Gasteiger partial charge is 0.234 e. The van der Waals surface area contributed by atoms with Crippen LogP contribution in [0.4, 0.5) is 0 Å². The molecule has 2 fully saturated rings. The molecule has 0 unspecified atom stereocenters. The highest BCUT2D eigenvalue weighted by Gasteiger charge is 2.26. The number of hydrogen-bond acceptors (Lipinski definition) is 3. The molecule has 5 nitrogen and oxygen atoms in total. The number of amides is 2. The zero-order valence-electron chi connectivity index (χ0n) is 14.2. The van der Waals surface area contributed by atoms with Gasteiger partial charge in [-0.05, 0) is 50.3 Å². The average molecular weight is 329 g/mol. The van der Waals surface area contributed by atoms with Crippen molar-refractivity contribution in [1.82, 2.24) is 15.5 Å². The summed E-state index contributed by atoms with van der Waals surface area (Å²) in [7, 11) is 0. The summed E-state index contributed by atoms with van der Waals surface area (Å²) in [4.78, 5) is 26.3. The third-order valence-electron chi connectivity index (χ3n) is 4.92. The predicted octanol–water partition coefficient (Wildman–Crippen LogP) is 1.54. The van der Waals surface area contributed by atoms with E-state index >= 15 is 0 Å². The molecule has 1 aliphatic heterocycles. The van der Waals surface area contributed by atoms with Crippen molar-refractivity contribution in [3.05, 3.63) is 35.9 Å². The maximum atomic E-state index is 12.3. The molecule has 1 saturated heterocycles. The van der Waals surface area contributed by atoms with Crippen LogP contribution in [-0.4, -0.2) is 42.9 Å². The van der Waals surface area contributed by atoms with Gasteiger partial charge < -0.3 is 10.6 Å². The second-order valence-electron chi connectivity index (χ2n) is 7.00. The molecule has 0 bridgehead atoms. The van der Waals surface area contributed by atoms with E-state index in [1.54, 1.807) is 0 Å². The van der Waals surface area contributed by atoms with Crippen LogP contribution in [0, 0.1) is 11.8 Å². The molecule has 5 heteroatoms. The highest BCUT2D eigenvalue weighted by Crippen LogP contribution is 2.27. The number of benzene rings is 1. The monoisotopic (exact) mass is 329 g/mol. The van der Waals surface area contributed by atoms with Gasteiger partial charge in [0.2, 0.25) is 11.8 Å². The second-order valence-corrected chi connectivity index (χ2v) is 7.00. The number of carbonyl (C=O) groups excluding carboxylic acids is 2. The number of likely N-dealkylation sites (tertiary alicyclic amines) is 1. The molecule has 1 aliphatic carbocycles. The lowest BCUT2D eigenvalue weighted by molar-refractivity contribution is -0.127. The van der Waals surface area contributed by atoms with Gasteiger partial charge in [0.1, 0.15) is 0 Å². The molecule has 2 aliphatic rings. The van der Waals surface area contributed by atoms with Gasteiger partial charge in [-0.2, -0.15) is 0 Å². The van der Waals surface area contributed by atoms with Crippen molar-refractivity contribution in [1.29, 1.82) is 0 Å². The van der Waals surface area contributed by atoms with Crippen LogP contribution in [0.25, 0.3) is 0 Å². The lowest BCUT2D eigenvalue weighted by atomic mass is 9.96. The summed E-state index contributed by atoms with van der Waals surface area (Å²) in [6, 6.07) is 9.97. The zero-order chi connectivity index (χ0) is 16.8. The van der Waals surface area contributed by atoms with Crippen molar-refractivity contribution in [2.75, 3.05) is 26.2 Å². The van der Waals surface area contributed by atoms with Gasteiger partial charge >= 0.3 is 0 Å². The maximum absolute atomic E-state index is 12.3. The summed E-state index contributed by atoms with van der Waals surface area (Å²) in [5, 5.41) is 6.03. The van der Waals surface area contributed by atoms with Gasteiger partial charge in [-0.15, -0.1) is 0 Å². The van der Waals surface area contributed by atoms with Crippen LogP contribution in [0.2, 0.25) is 0 Å². The molecule has 3 rings (SSSR count). The quantitative estimate of drug-likeness (QED) is 0.798. The molecule has 1 aromatic carbocycles. The normalized spacial score (nSPS) is 19.0. The largest absolute Gasteiger partial charge is 0.355 e. The molecule has 2 N–H and O–H groups in total. The lowest BCUT2D eigenvalue weighted by Crippen LogP contribution is -2.44. The Morgan fingerprint density at radius 1 is 1.00 bits per heavy atom. The highest BCUT2D eigenvalue weighted by atomic mass is 16.2. The fourth-order valence-electron chi connectivity index (χ4n) is 3.12. The molecule has 1 saturated carbocycles. The Morgan fingerprint density at radius 2 is 1.71 bits per heavy atom. The Kier molecular flexibility index (Phi) is 5.86. The Hall–Kier alpha value is -1.88. The molecule has 1 heterocycles. The Morgan fingerprint density at radius 3 is 2.38 bits per heavy atom. The van der Waals surface area contributed by atoms with Gasteiger partial charge in [0, 0.05) is 19.0 Å². The molecule has 0 spiro atoms. The van der Waals surface area contributed by atoms with Crippen LogP contribution in [0.3, 0.4) is 0 Å². The van der Waals surface area contributed by atoms with E-state index in [0.29, 0.717) is 19.0 Å². The van der Waals surface area contributed by atoms with Crippen molar-refractivity contribution in [2.45, 2.75) is 32.2 Å².